The van der Waals surface area contributed by atoms with Gasteiger partial charge in [0.2, 0.25) is 0 Å². The number of halogens is 3. The van der Waals surface area contributed by atoms with Gasteiger partial charge in [0, 0.05) is 35.1 Å². The minimum absolute atomic E-state index is 0.00761. The van der Waals surface area contributed by atoms with E-state index in [0.29, 0.717) is 56.5 Å². The number of methoxy groups -OCH3 is 4. The fourth-order valence-electron chi connectivity index (χ4n) is 9.38. The molecule has 5 N–H and O–H groups in total. The molecule has 0 spiro atoms. The van der Waals surface area contributed by atoms with Crippen LogP contribution in [0.15, 0.2) is 133 Å². The van der Waals surface area contributed by atoms with Gasteiger partial charge in [-0.25, -0.2) is 33.1 Å². The number of Topliss-reactive ketones (excluding diaryl/α,β-unsaturated/α-hetero) is 2. The molecule has 0 aliphatic heterocycles. The fraction of sp³-hybridized carbons (Fsp3) is 0.338. The molecule has 18 nitrogen and oxygen atoms in total. The zero-order valence-electron chi connectivity index (χ0n) is 50.6. The minimum Gasteiger partial charge on any atom is -0.493 e. The molecule has 0 radical (unpaired) electrons. The van der Waals surface area contributed by atoms with Gasteiger partial charge in [-0.05, 0) is 186 Å². The topological polar surface area (TPSA) is 254 Å². The first-order valence-corrected chi connectivity index (χ1v) is 29.1. The van der Waals surface area contributed by atoms with E-state index in [1.807, 2.05) is 6.07 Å². The number of benzene rings is 5. The second-order valence-electron chi connectivity index (χ2n) is 22.6. The molecule has 5 aromatic carbocycles. The highest BCUT2D eigenvalue weighted by Crippen LogP contribution is 2.39. The Morgan fingerprint density at radius 1 is 0.596 bits per heavy atom. The number of esters is 2. The summed E-state index contributed by atoms with van der Waals surface area (Å²) in [6.45, 7) is 5.88. The number of nitrogens with two attached hydrogens (primary N) is 1. The van der Waals surface area contributed by atoms with Crippen LogP contribution in [0.4, 0.5) is 13.6 Å². The molecule has 0 bridgehead atoms. The molecule has 4 atom stereocenters. The van der Waals surface area contributed by atoms with Crippen molar-refractivity contribution in [2.24, 2.45) is 5.73 Å². The van der Waals surface area contributed by atoms with E-state index in [1.165, 1.54) is 91.7 Å². The number of hydrogen-bond donors (Lipinski definition) is 4. The highest BCUT2D eigenvalue weighted by Gasteiger charge is 2.42. The van der Waals surface area contributed by atoms with Crippen molar-refractivity contribution in [1.82, 2.24) is 15.3 Å². The molecule has 1 amide bonds. The number of aliphatic hydroxyl groups is 2. The van der Waals surface area contributed by atoms with Crippen LogP contribution in [0.2, 0.25) is 5.02 Å². The second-order valence-corrected chi connectivity index (χ2v) is 23.1. The average molecular weight is 1240 g/mol. The van der Waals surface area contributed by atoms with Crippen LogP contribution in [0.3, 0.4) is 0 Å². The number of pyridine rings is 2. The first-order chi connectivity index (χ1) is 42.3. The van der Waals surface area contributed by atoms with Gasteiger partial charge in [-0.2, -0.15) is 0 Å². The number of alkyl carbamates (subject to hydrolysis) is 1. The van der Waals surface area contributed by atoms with Crippen LogP contribution in [-0.4, -0.2) is 90.4 Å². The SMILES string of the molecule is COC(=O)C(C)(N)c1cc(-c2ccc(F)cc2)nc(C(C)(O)CCC(=O)c2ccc(OC3CC3)c(OC)c2)c1.COC(=O)C(C)(NC(=O)OCc1ccccc1)c1cc(-c2ccc(F)c(Cl)c2)nc(C(C)(O)CCC(=O)c2ccc(OC3CC3)c(OC)c2)c1. The maximum atomic E-state index is 14.1. The molecule has 2 aliphatic rings. The van der Waals surface area contributed by atoms with Crippen LogP contribution >= 0.6 is 11.6 Å². The molecule has 2 aromatic heterocycles. The molecule has 0 saturated heterocycles. The van der Waals surface area contributed by atoms with Gasteiger partial charge < -0.3 is 54.4 Å². The number of ether oxygens (including phenoxy) is 7. The number of carbonyl (C=O) groups excluding carboxylic acids is 5. The van der Waals surface area contributed by atoms with Crippen LogP contribution < -0.4 is 30.0 Å². The third-order valence-corrected chi connectivity index (χ3v) is 15.6. The molecule has 2 heterocycles. The van der Waals surface area contributed by atoms with Gasteiger partial charge in [-0.15, -0.1) is 0 Å². The number of aromatic nitrogens is 2. The van der Waals surface area contributed by atoms with Crippen molar-refractivity contribution in [2.75, 3.05) is 28.4 Å². The Labute approximate surface area is 519 Å². The summed E-state index contributed by atoms with van der Waals surface area (Å²) in [4.78, 5) is 74.5. The normalized spacial score (nSPS) is 15.4. The molecule has 468 valence electrons. The minimum atomic E-state index is -1.84. The van der Waals surface area contributed by atoms with Gasteiger partial charge in [0.15, 0.2) is 40.1 Å². The number of amides is 1. The van der Waals surface area contributed by atoms with Crippen molar-refractivity contribution in [3.63, 3.8) is 0 Å². The summed E-state index contributed by atoms with van der Waals surface area (Å²) in [6.07, 6.45) is 3.25. The van der Waals surface area contributed by atoms with E-state index in [0.717, 1.165) is 37.3 Å². The smallest absolute Gasteiger partial charge is 0.408 e. The summed E-state index contributed by atoms with van der Waals surface area (Å²) in [5, 5.41) is 25.7. The van der Waals surface area contributed by atoms with E-state index >= 15 is 0 Å². The molecule has 4 unspecified atom stereocenters. The van der Waals surface area contributed by atoms with Crippen molar-refractivity contribution < 1.29 is 76.1 Å². The van der Waals surface area contributed by atoms with E-state index in [4.69, 9.17) is 50.5 Å². The predicted octanol–water partition coefficient (Wildman–Crippen LogP) is 11.9. The lowest BCUT2D eigenvalue weighted by molar-refractivity contribution is -0.148. The van der Waals surface area contributed by atoms with Crippen LogP contribution in [0.5, 0.6) is 23.0 Å². The highest BCUT2D eigenvalue weighted by atomic mass is 35.5. The lowest BCUT2D eigenvalue weighted by Gasteiger charge is -2.30. The summed E-state index contributed by atoms with van der Waals surface area (Å²) in [5.41, 5.74) is 3.49. The zero-order chi connectivity index (χ0) is 64.4. The summed E-state index contributed by atoms with van der Waals surface area (Å²) >= 11 is 6.10. The molecule has 2 aliphatic carbocycles. The number of nitrogens with one attached hydrogen (secondary N) is 1. The van der Waals surface area contributed by atoms with Crippen LogP contribution in [0.1, 0.15) is 128 Å². The second kappa shape index (κ2) is 28.1. The number of ketones is 2. The first-order valence-electron chi connectivity index (χ1n) is 28.7. The van der Waals surface area contributed by atoms with Crippen molar-refractivity contribution >= 4 is 41.2 Å². The van der Waals surface area contributed by atoms with Gasteiger partial charge in [0.1, 0.15) is 35.0 Å². The van der Waals surface area contributed by atoms with E-state index in [1.54, 1.807) is 85.8 Å². The number of hydrogen-bond acceptors (Lipinski definition) is 17. The predicted molar refractivity (Wildman–Crippen MR) is 327 cm³/mol. The summed E-state index contributed by atoms with van der Waals surface area (Å²) in [6, 6.07) is 34.7. The zero-order valence-corrected chi connectivity index (χ0v) is 51.4. The number of rotatable bonds is 25. The third-order valence-electron chi connectivity index (χ3n) is 15.3. The molecule has 7 aromatic rings. The monoisotopic (exact) mass is 1240 g/mol. The fourth-order valence-corrected chi connectivity index (χ4v) is 9.56. The maximum absolute atomic E-state index is 14.1. The van der Waals surface area contributed by atoms with E-state index in [-0.39, 0.29) is 83.7 Å². The Morgan fingerprint density at radius 2 is 1.08 bits per heavy atom. The molecule has 21 heteroatoms. The van der Waals surface area contributed by atoms with Crippen LogP contribution in [-0.2, 0) is 52.7 Å². The molecule has 2 fully saturated rings. The lowest BCUT2D eigenvalue weighted by atomic mass is 9.86. The Hall–Kier alpha value is -8.82. The maximum Gasteiger partial charge on any atom is 0.408 e. The molecular weight excluding hydrogens is 1170 g/mol. The van der Waals surface area contributed by atoms with E-state index in [9.17, 15) is 43.0 Å². The number of nitrogens with zero attached hydrogens (tertiary/aromatic N) is 2. The molecule has 2 saturated carbocycles. The van der Waals surface area contributed by atoms with Crippen molar-refractivity contribution in [1.29, 1.82) is 0 Å². The Kier molecular flexibility index (Phi) is 20.9. The van der Waals surface area contributed by atoms with E-state index in [2.05, 4.69) is 15.3 Å². The van der Waals surface area contributed by atoms with Gasteiger partial charge in [-0.3, -0.25) is 9.59 Å². The molecule has 89 heavy (non-hydrogen) atoms. The summed E-state index contributed by atoms with van der Waals surface area (Å²) in [7, 11) is 5.42. The quantitative estimate of drug-likeness (QED) is 0.0236. The standard InChI is InChI=1S/C38H38ClFN2O8.C30H33FN2O6/c1-37(46,17-16-31(43)25-11-15-32(33(19-25)47-3)50-27-12-13-27)34-21-26(20-30(41-34)24-10-14-29(40)28(39)18-24)38(2,35(44)48-4)42-36(45)49-22-23-8-6-5-7-9-23;1-29(36,14-13-24(34)19-7-12-25(26(15-19)37-3)39-22-10-11-22)27-17-20(30(2,32)28(35)38-4)16-23(33-27)18-5-8-21(31)9-6-18/h5-11,14-15,18-21,27,46H,12-13,16-17,22H2,1-4H3,(H,42,45);5-9,12,15-17,22,36H,10-11,13-14,32H2,1-4H3. The van der Waals surface area contributed by atoms with Crippen molar-refractivity contribution in [2.45, 2.75) is 120 Å². The summed E-state index contributed by atoms with van der Waals surface area (Å²) < 4.78 is 65.6. The van der Waals surface area contributed by atoms with Crippen molar-refractivity contribution in [3.8, 4) is 45.5 Å². The summed E-state index contributed by atoms with van der Waals surface area (Å²) in [5.74, 6) is -0.982. The van der Waals surface area contributed by atoms with Crippen LogP contribution in [0.25, 0.3) is 22.5 Å². The van der Waals surface area contributed by atoms with E-state index < -0.39 is 51.9 Å². The largest absolute Gasteiger partial charge is 0.493 e. The first kappa shape index (κ1) is 66.1. The van der Waals surface area contributed by atoms with Crippen molar-refractivity contribution in [3.05, 3.63) is 189 Å². The molecular formula is C68H71ClF2N4O14. The number of carbonyl (C=O) groups is 5. The lowest BCUT2D eigenvalue weighted by Crippen LogP contribution is -2.50. The average Bonchev–Trinajstić information content (AvgIpc) is 1.78. The van der Waals surface area contributed by atoms with Crippen LogP contribution in [0, 0.1) is 11.6 Å². The van der Waals surface area contributed by atoms with Gasteiger partial charge >= 0.3 is 18.0 Å². The van der Waals surface area contributed by atoms with Gasteiger partial charge in [0.25, 0.3) is 0 Å². The Balaban J connectivity index is 0.000000237. The van der Waals surface area contributed by atoms with Gasteiger partial charge in [-0.1, -0.05) is 41.9 Å². The third kappa shape index (κ3) is 16.7. The highest BCUT2D eigenvalue weighted by molar-refractivity contribution is 6.31. The van der Waals surface area contributed by atoms with Gasteiger partial charge in [0.05, 0.1) is 68.4 Å². The Bertz CT molecular complexity index is 3730. The molecule has 9 rings (SSSR count). The Morgan fingerprint density at radius 3 is 1.56 bits per heavy atom.